The van der Waals surface area contributed by atoms with Crippen LogP contribution in [-0.4, -0.2) is 49.9 Å². The molecule has 0 spiro atoms. The van der Waals surface area contributed by atoms with Crippen molar-refractivity contribution in [1.82, 2.24) is 14.9 Å². The molecule has 3 atom stereocenters. The van der Waals surface area contributed by atoms with E-state index in [1.54, 1.807) is 24.3 Å². The van der Waals surface area contributed by atoms with E-state index in [9.17, 15) is 22.7 Å². The van der Waals surface area contributed by atoms with Gasteiger partial charge >= 0.3 is 0 Å². The first kappa shape index (κ1) is 25.0. The van der Waals surface area contributed by atoms with Crippen molar-refractivity contribution in [3.8, 4) is 34.5 Å². The number of aromatic nitrogens is 2. The minimum atomic E-state index is -4.43. The SMILES string of the molecule is COc1cccc(OC)c1-n1c(-c2ccc(F)cc2)nc(=O)c(S(=O)(=O)C2=CCC3CNC(C)[C@@H]23)c1O. The second-order valence-corrected chi connectivity index (χ2v) is 11.0. The Hall–Kier alpha value is -3.70. The Bertz CT molecular complexity index is 1540. The third kappa shape index (κ3) is 3.98. The molecule has 5 rings (SSSR count). The van der Waals surface area contributed by atoms with E-state index in [2.05, 4.69) is 10.3 Å². The monoisotopic (exact) mass is 527 g/mol. The smallest absolute Gasteiger partial charge is 0.296 e. The number of methoxy groups -OCH3 is 2. The number of aromatic hydroxyl groups is 1. The Morgan fingerprint density at radius 1 is 1.11 bits per heavy atom. The van der Waals surface area contributed by atoms with Crippen LogP contribution in [0.5, 0.6) is 17.4 Å². The van der Waals surface area contributed by atoms with Gasteiger partial charge in [-0.05, 0) is 62.2 Å². The summed E-state index contributed by atoms with van der Waals surface area (Å²) in [4.78, 5) is 16.7. The molecule has 2 heterocycles. The Kier molecular flexibility index (Phi) is 6.28. The van der Waals surface area contributed by atoms with Crippen LogP contribution < -0.4 is 20.3 Å². The molecule has 2 unspecified atom stereocenters. The standard InChI is InChI=1S/C26H26FN3O6S/c1-14-21-16(13-28-14)9-12-20(21)37(33,34)23-25(31)29-24(15-7-10-17(27)11-8-15)30(26(23)32)22-18(35-2)5-4-6-19(22)36-3/h4-8,10-12,14,16,21,28,32H,9,13H2,1-3H3/t14?,16?,21-/m1/s1. The summed E-state index contributed by atoms with van der Waals surface area (Å²) in [5.41, 5.74) is -0.730. The lowest BCUT2D eigenvalue weighted by Crippen LogP contribution is -2.29. The second kappa shape index (κ2) is 9.31. The van der Waals surface area contributed by atoms with E-state index in [1.807, 2.05) is 6.92 Å². The van der Waals surface area contributed by atoms with Gasteiger partial charge in [0.25, 0.3) is 5.56 Å². The number of rotatable bonds is 6. The molecule has 1 aliphatic carbocycles. The van der Waals surface area contributed by atoms with Crippen LogP contribution in [0.25, 0.3) is 17.1 Å². The number of nitrogens with zero attached hydrogens (tertiary/aromatic N) is 2. The van der Waals surface area contributed by atoms with Crippen LogP contribution in [0.4, 0.5) is 4.39 Å². The van der Waals surface area contributed by atoms with Gasteiger partial charge in [-0.15, -0.1) is 0 Å². The quantitative estimate of drug-likeness (QED) is 0.502. The molecule has 1 fully saturated rings. The van der Waals surface area contributed by atoms with Crippen molar-refractivity contribution in [3.05, 3.63) is 69.6 Å². The summed E-state index contributed by atoms with van der Waals surface area (Å²) in [7, 11) is -1.63. The normalized spacial score (nSPS) is 21.0. The molecular weight excluding hydrogens is 501 g/mol. The van der Waals surface area contributed by atoms with E-state index in [0.717, 1.165) is 4.57 Å². The van der Waals surface area contributed by atoms with Gasteiger partial charge < -0.3 is 19.9 Å². The van der Waals surface area contributed by atoms with E-state index >= 15 is 0 Å². The summed E-state index contributed by atoms with van der Waals surface area (Å²) in [5, 5.41) is 14.9. The van der Waals surface area contributed by atoms with Crippen LogP contribution in [0.1, 0.15) is 13.3 Å². The first-order valence-corrected chi connectivity index (χ1v) is 13.2. The van der Waals surface area contributed by atoms with Crippen LogP contribution in [0.15, 0.2) is 63.1 Å². The lowest BCUT2D eigenvalue weighted by Gasteiger charge is -2.22. The predicted molar refractivity (Wildman–Crippen MR) is 134 cm³/mol. The molecule has 1 aromatic heterocycles. The van der Waals surface area contributed by atoms with Gasteiger partial charge in [-0.25, -0.2) is 12.8 Å². The van der Waals surface area contributed by atoms with E-state index in [-0.39, 0.29) is 51.4 Å². The number of sulfone groups is 1. The van der Waals surface area contributed by atoms with Crippen LogP contribution in [0.3, 0.4) is 0 Å². The molecule has 37 heavy (non-hydrogen) atoms. The maximum absolute atomic E-state index is 13.9. The van der Waals surface area contributed by atoms with Gasteiger partial charge in [0, 0.05) is 17.5 Å². The van der Waals surface area contributed by atoms with Crippen molar-refractivity contribution in [1.29, 1.82) is 0 Å². The number of fused-ring (bicyclic) bond motifs is 1. The van der Waals surface area contributed by atoms with E-state index in [4.69, 9.17) is 9.47 Å². The third-order valence-electron chi connectivity index (χ3n) is 7.03. The summed E-state index contributed by atoms with van der Waals surface area (Å²) >= 11 is 0. The summed E-state index contributed by atoms with van der Waals surface area (Å²) in [6, 6.07) is 9.82. The van der Waals surface area contributed by atoms with Crippen LogP contribution in [0, 0.1) is 17.7 Å². The Morgan fingerprint density at radius 2 is 1.76 bits per heavy atom. The molecule has 1 saturated heterocycles. The van der Waals surface area contributed by atoms with E-state index < -0.39 is 32.0 Å². The number of para-hydroxylation sites is 1. The topological polar surface area (TPSA) is 120 Å². The molecule has 2 aliphatic rings. The molecule has 3 aromatic rings. The lowest BCUT2D eigenvalue weighted by atomic mass is 9.95. The third-order valence-corrected chi connectivity index (χ3v) is 8.99. The van der Waals surface area contributed by atoms with Crippen molar-refractivity contribution in [2.75, 3.05) is 20.8 Å². The van der Waals surface area contributed by atoms with Gasteiger partial charge in [0.05, 0.1) is 19.1 Å². The molecule has 0 bridgehead atoms. The second-order valence-electron chi connectivity index (χ2n) is 9.08. The van der Waals surface area contributed by atoms with E-state index in [0.29, 0.717) is 13.0 Å². The number of hydrogen-bond acceptors (Lipinski definition) is 8. The van der Waals surface area contributed by atoms with Gasteiger partial charge in [-0.2, -0.15) is 4.98 Å². The van der Waals surface area contributed by atoms with Gasteiger partial charge in [-0.3, -0.25) is 9.36 Å². The molecule has 0 radical (unpaired) electrons. The lowest BCUT2D eigenvalue weighted by molar-refractivity contribution is 0.378. The van der Waals surface area contributed by atoms with Gasteiger partial charge in [0.15, 0.2) is 10.7 Å². The van der Waals surface area contributed by atoms with Gasteiger partial charge in [0.1, 0.15) is 23.0 Å². The highest BCUT2D eigenvalue weighted by molar-refractivity contribution is 7.95. The van der Waals surface area contributed by atoms with Crippen LogP contribution >= 0.6 is 0 Å². The molecule has 2 N–H and O–H groups in total. The fraction of sp³-hybridized carbons (Fsp3) is 0.308. The predicted octanol–water partition coefficient (Wildman–Crippen LogP) is 3.05. The first-order valence-electron chi connectivity index (χ1n) is 11.7. The fourth-order valence-electron chi connectivity index (χ4n) is 5.30. The van der Waals surface area contributed by atoms with Crippen LogP contribution in [0.2, 0.25) is 0 Å². The number of ether oxygens (including phenoxy) is 2. The average Bonchev–Trinajstić information content (AvgIpc) is 3.47. The summed E-state index contributed by atoms with van der Waals surface area (Å²) < 4.78 is 53.6. The summed E-state index contributed by atoms with van der Waals surface area (Å²) in [6.07, 6.45) is 2.18. The van der Waals surface area contributed by atoms with Crippen molar-refractivity contribution in [3.63, 3.8) is 0 Å². The molecular formula is C26H26FN3O6S. The number of benzene rings is 2. The van der Waals surface area contributed by atoms with E-state index in [1.165, 1.54) is 38.5 Å². The zero-order chi connectivity index (χ0) is 26.5. The number of hydrogen-bond donors (Lipinski definition) is 2. The highest BCUT2D eigenvalue weighted by atomic mass is 32.2. The minimum Gasteiger partial charge on any atom is -0.494 e. The fourth-order valence-corrected chi connectivity index (χ4v) is 7.22. The maximum atomic E-state index is 13.9. The number of halogens is 1. The minimum absolute atomic E-state index is 0.0879. The molecule has 194 valence electrons. The molecule has 11 heteroatoms. The maximum Gasteiger partial charge on any atom is 0.296 e. The van der Waals surface area contributed by atoms with Crippen LogP contribution in [-0.2, 0) is 9.84 Å². The van der Waals surface area contributed by atoms with Gasteiger partial charge in [-0.1, -0.05) is 12.1 Å². The first-order chi connectivity index (χ1) is 17.7. The van der Waals surface area contributed by atoms with Crippen molar-refractivity contribution < 1.29 is 27.4 Å². The number of allylic oxidation sites excluding steroid dienone is 1. The zero-order valence-corrected chi connectivity index (χ0v) is 21.3. The number of nitrogens with one attached hydrogen (secondary N) is 1. The van der Waals surface area contributed by atoms with Gasteiger partial charge in [0.2, 0.25) is 15.7 Å². The van der Waals surface area contributed by atoms with Crippen molar-refractivity contribution in [2.24, 2.45) is 11.8 Å². The Labute approximate surface area is 213 Å². The molecule has 0 amide bonds. The molecule has 9 nitrogen and oxygen atoms in total. The molecule has 0 saturated carbocycles. The Balaban J connectivity index is 1.83. The van der Waals surface area contributed by atoms with Crippen molar-refractivity contribution in [2.45, 2.75) is 24.3 Å². The largest absolute Gasteiger partial charge is 0.494 e. The highest BCUT2D eigenvalue weighted by Crippen LogP contribution is 2.45. The Morgan fingerprint density at radius 3 is 2.38 bits per heavy atom. The molecule has 1 aliphatic heterocycles. The highest BCUT2D eigenvalue weighted by Gasteiger charge is 2.46. The molecule has 2 aromatic carbocycles. The average molecular weight is 528 g/mol. The van der Waals surface area contributed by atoms with Crippen molar-refractivity contribution >= 4 is 9.84 Å². The summed E-state index contributed by atoms with van der Waals surface area (Å²) in [6.45, 7) is 2.56. The summed E-state index contributed by atoms with van der Waals surface area (Å²) in [5.74, 6) is -1.26. The zero-order valence-electron chi connectivity index (χ0n) is 20.4.